The number of likely N-dealkylation sites (N-methyl/N-ethyl adjacent to an activating group) is 1. The van der Waals surface area contributed by atoms with Crippen molar-refractivity contribution in [2.24, 2.45) is 7.05 Å². The van der Waals surface area contributed by atoms with E-state index in [2.05, 4.69) is 22.5 Å². The molecule has 1 heterocycles. The van der Waals surface area contributed by atoms with E-state index >= 15 is 0 Å². The Morgan fingerprint density at radius 2 is 2.17 bits per heavy atom. The fourth-order valence-electron chi connectivity index (χ4n) is 2.06. The van der Waals surface area contributed by atoms with E-state index in [1.54, 1.807) is 0 Å². The quantitative estimate of drug-likeness (QED) is 0.919. The van der Waals surface area contributed by atoms with Gasteiger partial charge in [0.05, 0.1) is 5.69 Å². The van der Waals surface area contributed by atoms with Crippen molar-refractivity contribution in [3.8, 4) is 0 Å². The first kappa shape index (κ1) is 13.1. The van der Waals surface area contributed by atoms with Crippen molar-refractivity contribution in [3.63, 3.8) is 0 Å². The molecule has 1 atom stereocenters. The summed E-state index contributed by atoms with van der Waals surface area (Å²) in [5.74, 6) is 0. The van der Waals surface area contributed by atoms with Gasteiger partial charge in [0.15, 0.2) is 0 Å². The van der Waals surface area contributed by atoms with Gasteiger partial charge in [0.1, 0.15) is 0 Å². The standard InChI is InChI=1S/C14H18ClN3/c1-10-4-5-12(13(15)8-10)14(16-2)9-11-6-7-18(3)17-11/h4-8,14,16H,9H2,1-3H3. The van der Waals surface area contributed by atoms with Gasteiger partial charge in [-0.3, -0.25) is 4.68 Å². The molecule has 0 aliphatic carbocycles. The van der Waals surface area contributed by atoms with E-state index in [-0.39, 0.29) is 6.04 Å². The largest absolute Gasteiger partial charge is 0.313 e. The van der Waals surface area contributed by atoms with E-state index in [0.29, 0.717) is 0 Å². The Hall–Kier alpha value is -1.32. The van der Waals surface area contributed by atoms with E-state index in [1.807, 2.05) is 44.0 Å². The summed E-state index contributed by atoms with van der Waals surface area (Å²) in [4.78, 5) is 0. The van der Waals surface area contributed by atoms with Gasteiger partial charge < -0.3 is 5.32 Å². The number of halogens is 1. The zero-order chi connectivity index (χ0) is 13.1. The van der Waals surface area contributed by atoms with Gasteiger partial charge in [0.2, 0.25) is 0 Å². The highest BCUT2D eigenvalue weighted by Crippen LogP contribution is 2.26. The molecule has 96 valence electrons. The molecule has 0 aliphatic rings. The summed E-state index contributed by atoms with van der Waals surface area (Å²) < 4.78 is 1.82. The SMILES string of the molecule is CNC(Cc1ccn(C)n1)c1ccc(C)cc1Cl. The first-order valence-corrected chi connectivity index (χ1v) is 6.40. The Morgan fingerprint density at radius 3 is 2.72 bits per heavy atom. The topological polar surface area (TPSA) is 29.9 Å². The molecule has 0 saturated heterocycles. The van der Waals surface area contributed by atoms with E-state index in [1.165, 1.54) is 5.56 Å². The van der Waals surface area contributed by atoms with Gasteiger partial charge in [-0.05, 0) is 37.2 Å². The fourth-order valence-corrected chi connectivity index (χ4v) is 2.43. The van der Waals surface area contributed by atoms with Crippen LogP contribution in [0.15, 0.2) is 30.5 Å². The van der Waals surface area contributed by atoms with Gasteiger partial charge >= 0.3 is 0 Å². The number of nitrogens with zero attached hydrogens (tertiary/aromatic N) is 2. The van der Waals surface area contributed by atoms with Gasteiger partial charge in [-0.25, -0.2) is 0 Å². The molecule has 18 heavy (non-hydrogen) atoms. The van der Waals surface area contributed by atoms with Crippen molar-refractivity contribution in [3.05, 3.63) is 52.3 Å². The Balaban J connectivity index is 2.22. The molecule has 2 aromatic rings. The van der Waals surface area contributed by atoms with Gasteiger partial charge in [0.25, 0.3) is 0 Å². The van der Waals surface area contributed by atoms with E-state index in [4.69, 9.17) is 11.6 Å². The maximum Gasteiger partial charge on any atom is 0.0643 e. The van der Waals surface area contributed by atoms with E-state index in [9.17, 15) is 0 Å². The normalized spacial score (nSPS) is 12.7. The van der Waals surface area contributed by atoms with Crippen LogP contribution in [0.2, 0.25) is 5.02 Å². The first-order valence-electron chi connectivity index (χ1n) is 6.02. The molecule has 0 saturated carbocycles. The van der Waals surface area contributed by atoms with Crippen LogP contribution >= 0.6 is 11.6 Å². The molecule has 0 fully saturated rings. The van der Waals surface area contributed by atoms with Gasteiger partial charge in [-0.1, -0.05) is 23.7 Å². The Labute approximate surface area is 113 Å². The van der Waals surface area contributed by atoms with Crippen LogP contribution in [0, 0.1) is 6.92 Å². The molecule has 1 unspecified atom stereocenters. The van der Waals surface area contributed by atoms with Crippen LogP contribution in [0.5, 0.6) is 0 Å². The number of hydrogen-bond acceptors (Lipinski definition) is 2. The highest BCUT2D eigenvalue weighted by atomic mass is 35.5. The summed E-state index contributed by atoms with van der Waals surface area (Å²) in [5.41, 5.74) is 3.36. The van der Waals surface area contributed by atoms with Crippen molar-refractivity contribution >= 4 is 11.6 Å². The summed E-state index contributed by atoms with van der Waals surface area (Å²) >= 11 is 6.31. The zero-order valence-corrected chi connectivity index (χ0v) is 11.7. The Bertz CT molecular complexity index is 534. The second-order valence-corrected chi connectivity index (χ2v) is 4.96. The average Bonchev–Trinajstić information content (AvgIpc) is 2.72. The van der Waals surface area contributed by atoms with Crippen LogP contribution in [0.3, 0.4) is 0 Å². The monoisotopic (exact) mass is 263 g/mol. The number of aromatic nitrogens is 2. The van der Waals surface area contributed by atoms with Crippen molar-refractivity contribution in [1.82, 2.24) is 15.1 Å². The summed E-state index contributed by atoms with van der Waals surface area (Å²) in [5, 5.41) is 8.52. The second kappa shape index (κ2) is 5.55. The smallest absolute Gasteiger partial charge is 0.0643 e. The third-order valence-corrected chi connectivity index (χ3v) is 3.39. The number of nitrogens with one attached hydrogen (secondary N) is 1. The third-order valence-electron chi connectivity index (χ3n) is 3.06. The number of benzene rings is 1. The molecular formula is C14H18ClN3. The number of rotatable bonds is 4. The molecule has 1 aromatic heterocycles. The molecule has 4 heteroatoms. The molecule has 0 aliphatic heterocycles. The molecule has 2 rings (SSSR count). The molecule has 0 bridgehead atoms. The van der Waals surface area contributed by atoms with Crippen LogP contribution < -0.4 is 5.32 Å². The second-order valence-electron chi connectivity index (χ2n) is 4.55. The van der Waals surface area contributed by atoms with Crippen LogP contribution in [-0.2, 0) is 13.5 Å². The van der Waals surface area contributed by atoms with Crippen LogP contribution in [0.1, 0.15) is 22.9 Å². The molecule has 0 radical (unpaired) electrons. The first-order chi connectivity index (χ1) is 8.60. The van der Waals surface area contributed by atoms with Gasteiger partial charge in [0, 0.05) is 30.7 Å². The maximum absolute atomic E-state index is 6.31. The van der Waals surface area contributed by atoms with E-state index in [0.717, 1.165) is 22.7 Å². The molecule has 0 amide bonds. The van der Waals surface area contributed by atoms with Gasteiger partial charge in [-0.2, -0.15) is 5.10 Å². The van der Waals surface area contributed by atoms with Crippen LogP contribution in [0.4, 0.5) is 0 Å². The number of aryl methyl sites for hydroxylation is 2. The predicted octanol–water partition coefficient (Wildman–Crippen LogP) is 2.89. The van der Waals surface area contributed by atoms with Crippen molar-refractivity contribution in [2.45, 2.75) is 19.4 Å². The van der Waals surface area contributed by atoms with Crippen molar-refractivity contribution < 1.29 is 0 Å². The van der Waals surface area contributed by atoms with Crippen molar-refractivity contribution in [1.29, 1.82) is 0 Å². The zero-order valence-electron chi connectivity index (χ0n) is 10.9. The lowest BCUT2D eigenvalue weighted by molar-refractivity contribution is 0.577. The number of hydrogen-bond donors (Lipinski definition) is 1. The minimum Gasteiger partial charge on any atom is -0.313 e. The lowest BCUT2D eigenvalue weighted by Gasteiger charge is -2.17. The highest BCUT2D eigenvalue weighted by Gasteiger charge is 2.14. The molecular weight excluding hydrogens is 246 g/mol. The van der Waals surface area contributed by atoms with E-state index < -0.39 is 0 Å². The van der Waals surface area contributed by atoms with Crippen LogP contribution in [0.25, 0.3) is 0 Å². The maximum atomic E-state index is 6.31. The summed E-state index contributed by atoms with van der Waals surface area (Å²) in [6, 6.07) is 8.39. The van der Waals surface area contributed by atoms with Crippen molar-refractivity contribution in [2.75, 3.05) is 7.05 Å². The minimum atomic E-state index is 0.188. The third kappa shape index (κ3) is 2.92. The summed E-state index contributed by atoms with van der Waals surface area (Å²) in [7, 11) is 3.88. The highest BCUT2D eigenvalue weighted by molar-refractivity contribution is 6.31. The lowest BCUT2D eigenvalue weighted by Crippen LogP contribution is -2.19. The molecule has 1 N–H and O–H groups in total. The van der Waals surface area contributed by atoms with Gasteiger partial charge in [-0.15, -0.1) is 0 Å². The van der Waals surface area contributed by atoms with Crippen LogP contribution in [-0.4, -0.2) is 16.8 Å². The average molecular weight is 264 g/mol. The minimum absolute atomic E-state index is 0.188. The summed E-state index contributed by atoms with van der Waals surface area (Å²) in [6.07, 6.45) is 2.79. The lowest BCUT2D eigenvalue weighted by atomic mass is 10.0. The Morgan fingerprint density at radius 1 is 1.39 bits per heavy atom. The fraction of sp³-hybridized carbons (Fsp3) is 0.357. The molecule has 3 nitrogen and oxygen atoms in total. The summed E-state index contributed by atoms with van der Waals surface area (Å²) in [6.45, 7) is 2.04. The predicted molar refractivity (Wildman–Crippen MR) is 74.9 cm³/mol. The Kier molecular flexibility index (Phi) is 4.04. The molecule has 1 aromatic carbocycles. The molecule has 0 spiro atoms.